The van der Waals surface area contributed by atoms with Gasteiger partial charge in [0.15, 0.2) is 5.78 Å². The van der Waals surface area contributed by atoms with Gasteiger partial charge in [-0.15, -0.1) is 0 Å². The summed E-state index contributed by atoms with van der Waals surface area (Å²) in [5.74, 6) is 0.469. The van der Waals surface area contributed by atoms with Crippen LogP contribution in [0.3, 0.4) is 0 Å². The Labute approximate surface area is 98.3 Å². The van der Waals surface area contributed by atoms with Crippen LogP contribution in [-0.2, 0) is 0 Å². The molecule has 1 heterocycles. The van der Waals surface area contributed by atoms with Crippen molar-refractivity contribution in [3.05, 3.63) is 41.5 Å². The number of nitrogens with zero attached hydrogens (tertiary/aromatic N) is 1. The molecule has 17 heavy (non-hydrogen) atoms. The third kappa shape index (κ3) is 2.25. The molecule has 0 aliphatic carbocycles. The number of aryl methyl sites for hydroxylation is 1. The van der Waals surface area contributed by atoms with Crippen molar-refractivity contribution in [3.8, 4) is 11.5 Å². The van der Waals surface area contributed by atoms with Gasteiger partial charge in [0.1, 0.15) is 17.3 Å². The average Bonchev–Trinajstić information content (AvgIpc) is 2.71. The number of hydrogen-bond acceptors (Lipinski definition) is 3. The number of oxazole rings is 1. The third-order valence-corrected chi connectivity index (χ3v) is 2.47. The van der Waals surface area contributed by atoms with Gasteiger partial charge in [-0.2, -0.15) is 0 Å². The van der Waals surface area contributed by atoms with Crippen LogP contribution < -0.4 is 0 Å². The van der Waals surface area contributed by atoms with Gasteiger partial charge in [0.25, 0.3) is 0 Å². The number of ketones is 1. The second-order valence-corrected chi connectivity index (χ2v) is 3.71. The van der Waals surface area contributed by atoms with Gasteiger partial charge in [0.2, 0.25) is 5.89 Å². The van der Waals surface area contributed by atoms with Crippen molar-refractivity contribution in [2.45, 2.75) is 20.3 Å². The Bertz CT molecular complexity index is 543. The van der Waals surface area contributed by atoms with Gasteiger partial charge < -0.3 is 4.42 Å². The van der Waals surface area contributed by atoms with E-state index in [-0.39, 0.29) is 11.6 Å². The van der Waals surface area contributed by atoms with Gasteiger partial charge in [-0.05, 0) is 31.2 Å². The minimum Gasteiger partial charge on any atom is -0.441 e. The number of carbonyl (C=O) groups excluding carboxylic acids is 1. The van der Waals surface area contributed by atoms with E-state index in [1.807, 2.05) is 0 Å². The largest absolute Gasteiger partial charge is 0.441 e. The second-order valence-electron chi connectivity index (χ2n) is 3.71. The van der Waals surface area contributed by atoms with Crippen LogP contribution in [0.4, 0.5) is 4.39 Å². The summed E-state index contributed by atoms with van der Waals surface area (Å²) >= 11 is 0. The molecule has 0 spiro atoms. The summed E-state index contributed by atoms with van der Waals surface area (Å²) in [5.41, 5.74) is 1.01. The summed E-state index contributed by atoms with van der Waals surface area (Å²) in [6.45, 7) is 3.47. The minimum absolute atomic E-state index is 0.0559. The van der Waals surface area contributed by atoms with Crippen molar-refractivity contribution < 1.29 is 13.6 Å². The molecule has 0 saturated heterocycles. The lowest BCUT2D eigenvalue weighted by Crippen LogP contribution is -1.98. The van der Waals surface area contributed by atoms with Gasteiger partial charge in [-0.1, -0.05) is 6.92 Å². The second kappa shape index (κ2) is 4.49. The highest BCUT2D eigenvalue weighted by Crippen LogP contribution is 2.22. The summed E-state index contributed by atoms with van der Waals surface area (Å²) in [7, 11) is 0. The van der Waals surface area contributed by atoms with Gasteiger partial charge in [-0.25, -0.2) is 9.37 Å². The number of carbonyl (C=O) groups is 1. The van der Waals surface area contributed by atoms with E-state index in [0.717, 1.165) is 0 Å². The Kier molecular flexibility index (Phi) is 3.04. The molecule has 0 aliphatic heterocycles. The molecule has 0 amide bonds. The molecular formula is C13H12FNO2. The van der Waals surface area contributed by atoms with Crippen LogP contribution in [0, 0.1) is 12.7 Å². The molecule has 0 N–H and O–H groups in total. The molecular weight excluding hydrogens is 221 g/mol. The van der Waals surface area contributed by atoms with E-state index >= 15 is 0 Å². The Balaban J connectivity index is 2.41. The Morgan fingerprint density at radius 2 is 2.00 bits per heavy atom. The number of halogens is 1. The molecule has 0 aliphatic rings. The molecule has 0 radical (unpaired) electrons. The number of hydrogen-bond donors (Lipinski definition) is 0. The molecule has 0 unspecified atom stereocenters. The van der Waals surface area contributed by atoms with Crippen molar-refractivity contribution in [1.82, 2.24) is 4.98 Å². The maximum Gasteiger partial charge on any atom is 0.226 e. The van der Waals surface area contributed by atoms with E-state index in [1.54, 1.807) is 26.0 Å². The molecule has 1 aromatic heterocycles. The molecule has 0 fully saturated rings. The number of rotatable bonds is 3. The van der Waals surface area contributed by atoms with Gasteiger partial charge >= 0.3 is 0 Å². The Morgan fingerprint density at radius 1 is 1.35 bits per heavy atom. The first kappa shape index (κ1) is 11.5. The zero-order valence-electron chi connectivity index (χ0n) is 9.66. The van der Waals surface area contributed by atoms with E-state index in [1.165, 1.54) is 12.1 Å². The van der Waals surface area contributed by atoms with Gasteiger partial charge in [-0.3, -0.25) is 4.79 Å². The SMILES string of the molecule is CCC(=O)c1nc(-c2ccc(F)cc2)oc1C. The number of Topliss-reactive ketones (excluding diaryl/α,β-unsaturated/α-hetero) is 1. The molecule has 0 saturated carbocycles. The molecule has 1 aromatic carbocycles. The normalized spacial score (nSPS) is 10.5. The van der Waals surface area contributed by atoms with Crippen LogP contribution in [-0.4, -0.2) is 10.8 Å². The van der Waals surface area contributed by atoms with E-state index in [2.05, 4.69) is 4.98 Å². The lowest BCUT2D eigenvalue weighted by Gasteiger charge is -1.93. The summed E-state index contributed by atoms with van der Waals surface area (Å²) < 4.78 is 18.2. The number of aromatic nitrogens is 1. The van der Waals surface area contributed by atoms with Crippen molar-refractivity contribution in [2.75, 3.05) is 0 Å². The van der Waals surface area contributed by atoms with E-state index < -0.39 is 0 Å². The van der Waals surface area contributed by atoms with Crippen molar-refractivity contribution in [1.29, 1.82) is 0 Å². The van der Waals surface area contributed by atoms with Crippen molar-refractivity contribution in [3.63, 3.8) is 0 Å². The first-order valence-corrected chi connectivity index (χ1v) is 5.38. The molecule has 0 bridgehead atoms. The maximum absolute atomic E-state index is 12.8. The first-order valence-electron chi connectivity index (χ1n) is 5.38. The van der Waals surface area contributed by atoms with Crippen LogP contribution in [0.5, 0.6) is 0 Å². The fourth-order valence-corrected chi connectivity index (χ4v) is 1.54. The van der Waals surface area contributed by atoms with Crippen LogP contribution in [0.1, 0.15) is 29.6 Å². The smallest absolute Gasteiger partial charge is 0.226 e. The minimum atomic E-state index is -0.318. The van der Waals surface area contributed by atoms with E-state index in [0.29, 0.717) is 29.3 Å². The third-order valence-electron chi connectivity index (χ3n) is 2.47. The van der Waals surface area contributed by atoms with Gasteiger partial charge in [0, 0.05) is 12.0 Å². The summed E-state index contributed by atoms with van der Waals surface area (Å²) in [4.78, 5) is 15.7. The standard InChI is InChI=1S/C13H12FNO2/c1-3-11(16)12-8(2)17-13(15-12)9-4-6-10(14)7-5-9/h4-7H,3H2,1-2H3. The average molecular weight is 233 g/mol. The number of benzene rings is 1. The lowest BCUT2D eigenvalue weighted by atomic mass is 10.2. The zero-order valence-corrected chi connectivity index (χ0v) is 9.66. The molecule has 3 nitrogen and oxygen atoms in total. The monoisotopic (exact) mass is 233 g/mol. The molecule has 88 valence electrons. The van der Waals surface area contributed by atoms with Crippen LogP contribution in [0.25, 0.3) is 11.5 Å². The summed E-state index contributed by atoms with van der Waals surface area (Å²) in [5, 5.41) is 0. The molecule has 0 atom stereocenters. The van der Waals surface area contributed by atoms with E-state index in [4.69, 9.17) is 4.42 Å². The van der Waals surface area contributed by atoms with Crippen molar-refractivity contribution >= 4 is 5.78 Å². The fraction of sp³-hybridized carbons (Fsp3) is 0.231. The summed E-state index contributed by atoms with van der Waals surface area (Å²) in [6, 6.07) is 5.80. The van der Waals surface area contributed by atoms with Crippen LogP contribution in [0.2, 0.25) is 0 Å². The van der Waals surface area contributed by atoms with Crippen LogP contribution in [0.15, 0.2) is 28.7 Å². The zero-order chi connectivity index (χ0) is 12.4. The highest BCUT2D eigenvalue weighted by Gasteiger charge is 2.16. The maximum atomic E-state index is 12.8. The fourth-order valence-electron chi connectivity index (χ4n) is 1.54. The topological polar surface area (TPSA) is 43.1 Å². The molecule has 2 rings (SSSR count). The lowest BCUT2D eigenvalue weighted by molar-refractivity contribution is 0.0982. The van der Waals surface area contributed by atoms with E-state index in [9.17, 15) is 9.18 Å². The van der Waals surface area contributed by atoms with Gasteiger partial charge in [0.05, 0.1) is 0 Å². The highest BCUT2D eigenvalue weighted by atomic mass is 19.1. The quantitative estimate of drug-likeness (QED) is 0.763. The Morgan fingerprint density at radius 3 is 2.59 bits per heavy atom. The highest BCUT2D eigenvalue weighted by molar-refractivity contribution is 5.95. The Hall–Kier alpha value is -1.97. The predicted octanol–water partition coefficient (Wildman–Crippen LogP) is 3.38. The molecule has 2 aromatic rings. The van der Waals surface area contributed by atoms with Crippen LogP contribution >= 0.6 is 0 Å². The first-order chi connectivity index (χ1) is 8.11. The predicted molar refractivity (Wildman–Crippen MR) is 61.3 cm³/mol. The molecule has 4 heteroatoms. The summed E-state index contributed by atoms with van der Waals surface area (Å²) in [6.07, 6.45) is 0.385. The van der Waals surface area contributed by atoms with Crippen molar-refractivity contribution in [2.24, 2.45) is 0 Å².